The predicted molar refractivity (Wildman–Crippen MR) is 105 cm³/mol. The van der Waals surface area contributed by atoms with E-state index in [4.69, 9.17) is 4.74 Å². The Morgan fingerprint density at radius 3 is 2.68 bits per heavy atom. The number of nitro benzene ring substituents is 1. The highest BCUT2D eigenvalue weighted by atomic mass is 32.2. The molecule has 1 fully saturated rings. The first-order valence-corrected chi connectivity index (χ1v) is 10.4. The normalized spacial score (nSPS) is 16.9. The molecule has 0 saturated carbocycles. The van der Waals surface area contributed by atoms with Crippen LogP contribution in [0.15, 0.2) is 23.4 Å². The number of nitrogens with zero attached hydrogens (tertiary/aromatic N) is 3. The minimum atomic E-state index is -1.34. The number of likely N-dealkylation sites (tertiary alicyclic amines) is 1. The van der Waals surface area contributed by atoms with Gasteiger partial charge in [0, 0.05) is 31.0 Å². The second kappa shape index (κ2) is 7.86. The number of ether oxygens (including phenoxy) is 1. The second-order valence-electron chi connectivity index (χ2n) is 7.92. The third-order valence-electron chi connectivity index (χ3n) is 4.52. The van der Waals surface area contributed by atoms with Gasteiger partial charge in [-0.15, -0.1) is 0 Å². The fourth-order valence-corrected chi connectivity index (χ4v) is 4.44. The molecule has 1 aromatic heterocycles. The molecule has 9 nitrogen and oxygen atoms in total. The quantitative estimate of drug-likeness (QED) is 0.613. The van der Waals surface area contributed by atoms with Crippen molar-refractivity contribution in [2.24, 2.45) is 5.92 Å². The molecular formula is C18H24N4O5S. The summed E-state index contributed by atoms with van der Waals surface area (Å²) in [7, 11) is -1.34. The molecule has 1 aromatic carbocycles. The number of carbonyl (C=O) groups excluding carboxylic acids is 1. The van der Waals surface area contributed by atoms with E-state index in [9.17, 15) is 19.1 Å². The zero-order chi connectivity index (χ0) is 20.5. The number of aromatic nitrogens is 2. The van der Waals surface area contributed by atoms with E-state index in [0.29, 0.717) is 35.0 Å². The van der Waals surface area contributed by atoms with Crippen molar-refractivity contribution in [1.82, 2.24) is 14.9 Å². The van der Waals surface area contributed by atoms with Crippen molar-refractivity contribution < 1.29 is 18.7 Å². The summed E-state index contributed by atoms with van der Waals surface area (Å²) in [6.07, 6.45) is 1.18. The summed E-state index contributed by atoms with van der Waals surface area (Å²) in [6, 6.07) is 4.31. The van der Waals surface area contributed by atoms with E-state index in [-0.39, 0.29) is 17.7 Å². The number of amides is 1. The number of H-pyrrole nitrogens is 1. The van der Waals surface area contributed by atoms with Crippen LogP contribution < -0.4 is 0 Å². The number of imidazole rings is 1. The van der Waals surface area contributed by atoms with E-state index in [1.165, 1.54) is 12.1 Å². The number of nitro groups is 1. The maximum Gasteiger partial charge on any atom is 0.410 e. The lowest BCUT2D eigenvalue weighted by molar-refractivity contribution is -0.384. The van der Waals surface area contributed by atoms with Crippen LogP contribution in [0.25, 0.3) is 11.0 Å². The van der Waals surface area contributed by atoms with E-state index in [0.717, 1.165) is 12.8 Å². The van der Waals surface area contributed by atoms with Crippen molar-refractivity contribution >= 4 is 33.6 Å². The predicted octanol–water partition coefficient (Wildman–Crippen LogP) is 3.23. The molecule has 1 aliphatic heterocycles. The number of non-ortho nitro benzene ring substituents is 1. The topological polar surface area (TPSA) is 118 Å². The van der Waals surface area contributed by atoms with Crippen molar-refractivity contribution in [3.05, 3.63) is 28.3 Å². The number of carbonyl (C=O) groups is 1. The Bertz CT molecular complexity index is 912. The average molecular weight is 408 g/mol. The van der Waals surface area contributed by atoms with Crippen LogP contribution in [0.5, 0.6) is 0 Å². The number of hydrogen-bond acceptors (Lipinski definition) is 6. The van der Waals surface area contributed by atoms with Crippen molar-refractivity contribution in [2.45, 2.75) is 44.4 Å². The van der Waals surface area contributed by atoms with E-state index >= 15 is 0 Å². The molecule has 1 saturated heterocycles. The van der Waals surface area contributed by atoms with Crippen LogP contribution in [0.1, 0.15) is 33.6 Å². The van der Waals surface area contributed by atoms with E-state index in [1.54, 1.807) is 11.0 Å². The molecule has 1 unspecified atom stereocenters. The van der Waals surface area contributed by atoms with Crippen molar-refractivity contribution in [3.8, 4) is 0 Å². The van der Waals surface area contributed by atoms with E-state index in [1.807, 2.05) is 20.8 Å². The lowest BCUT2D eigenvalue weighted by Crippen LogP contribution is -2.42. The van der Waals surface area contributed by atoms with Gasteiger partial charge in [-0.25, -0.2) is 9.78 Å². The number of hydrogen-bond donors (Lipinski definition) is 1. The lowest BCUT2D eigenvalue weighted by Gasteiger charge is -2.33. The minimum absolute atomic E-state index is 0.0389. The van der Waals surface area contributed by atoms with Gasteiger partial charge in [0.1, 0.15) is 5.60 Å². The molecule has 1 N–H and O–H groups in total. The number of aromatic amines is 1. The van der Waals surface area contributed by atoms with Gasteiger partial charge >= 0.3 is 6.09 Å². The van der Waals surface area contributed by atoms with E-state index < -0.39 is 21.3 Å². The summed E-state index contributed by atoms with van der Waals surface area (Å²) in [5.74, 6) is 0.645. The molecule has 0 bridgehead atoms. The highest BCUT2D eigenvalue weighted by Crippen LogP contribution is 2.24. The van der Waals surface area contributed by atoms with Crippen LogP contribution in [0.4, 0.5) is 10.5 Å². The van der Waals surface area contributed by atoms with Crippen LogP contribution >= 0.6 is 0 Å². The number of fused-ring (bicyclic) bond motifs is 1. The first-order chi connectivity index (χ1) is 13.1. The highest BCUT2D eigenvalue weighted by Gasteiger charge is 2.28. The molecule has 2 heterocycles. The van der Waals surface area contributed by atoms with Gasteiger partial charge < -0.3 is 14.6 Å². The molecule has 0 radical (unpaired) electrons. The Kier molecular flexibility index (Phi) is 5.69. The standard InChI is InChI=1S/C18H24N4O5S/c1-18(2,3)27-17(23)21-8-6-12(7-9-21)11-28(26)16-19-14-5-4-13(22(24)25)10-15(14)20-16/h4-5,10,12H,6-9,11H2,1-3H3,(H,19,20). The summed E-state index contributed by atoms with van der Waals surface area (Å²) in [5, 5.41) is 11.2. The number of benzene rings is 1. The van der Waals surface area contributed by atoms with Gasteiger partial charge in [0.25, 0.3) is 5.69 Å². The van der Waals surface area contributed by atoms with Crippen molar-refractivity contribution in [2.75, 3.05) is 18.8 Å². The summed E-state index contributed by atoms with van der Waals surface area (Å²) >= 11 is 0. The molecule has 1 aliphatic rings. The Morgan fingerprint density at radius 2 is 2.07 bits per heavy atom. The molecule has 1 atom stereocenters. The van der Waals surface area contributed by atoms with Crippen molar-refractivity contribution in [1.29, 1.82) is 0 Å². The molecular weight excluding hydrogens is 384 g/mol. The molecule has 28 heavy (non-hydrogen) atoms. The first-order valence-electron chi connectivity index (χ1n) is 9.13. The molecule has 152 valence electrons. The Labute approximate surface area is 165 Å². The summed E-state index contributed by atoms with van der Waals surface area (Å²) in [4.78, 5) is 31.4. The number of nitrogens with one attached hydrogen (secondary N) is 1. The maximum absolute atomic E-state index is 12.7. The van der Waals surface area contributed by atoms with Crippen LogP contribution in [0.3, 0.4) is 0 Å². The van der Waals surface area contributed by atoms with Gasteiger partial charge in [0.05, 0.1) is 26.8 Å². The van der Waals surface area contributed by atoms with Gasteiger partial charge in [-0.2, -0.15) is 0 Å². The molecule has 1 amide bonds. The first kappa shape index (κ1) is 20.2. The number of piperidine rings is 1. The zero-order valence-corrected chi connectivity index (χ0v) is 17.0. The van der Waals surface area contributed by atoms with Crippen LogP contribution in [0.2, 0.25) is 0 Å². The summed E-state index contributed by atoms with van der Waals surface area (Å²) in [6.45, 7) is 6.65. The van der Waals surface area contributed by atoms with Crippen LogP contribution in [-0.4, -0.2) is 54.5 Å². The minimum Gasteiger partial charge on any atom is -0.444 e. The Balaban J connectivity index is 1.58. The fourth-order valence-electron chi connectivity index (χ4n) is 3.10. The highest BCUT2D eigenvalue weighted by molar-refractivity contribution is 7.84. The lowest BCUT2D eigenvalue weighted by atomic mass is 9.99. The Morgan fingerprint density at radius 1 is 1.39 bits per heavy atom. The molecule has 0 spiro atoms. The fraction of sp³-hybridized carbons (Fsp3) is 0.556. The van der Waals surface area contributed by atoms with Gasteiger partial charge in [-0.1, -0.05) is 0 Å². The van der Waals surface area contributed by atoms with Gasteiger partial charge in [-0.3, -0.25) is 14.3 Å². The maximum atomic E-state index is 12.7. The molecule has 2 aromatic rings. The smallest absolute Gasteiger partial charge is 0.410 e. The largest absolute Gasteiger partial charge is 0.444 e. The number of rotatable bonds is 4. The molecule has 10 heteroatoms. The second-order valence-corrected chi connectivity index (χ2v) is 9.33. The zero-order valence-electron chi connectivity index (χ0n) is 16.1. The average Bonchev–Trinajstić information content (AvgIpc) is 3.04. The molecule has 0 aliphatic carbocycles. The van der Waals surface area contributed by atoms with Gasteiger partial charge in [0.2, 0.25) is 0 Å². The summed E-state index contributed by atoms with van der Waals surface area (Å²) in [5.41, 5.74) is 0.486. The van der Waals surface area contributed by atoms with Crippen LogP contribution in [-0.2, 0) is 15.5 Å². The third-order valence-corrected chi connectivity index (χ3v) is 5.92. The SMILES string of the molecule is CC(C)(C)OC(=O)N1CCC(CS(=O)c2nc3ccc([N+](=O)[O-])cc3[nH]2)CC1. The third kappa shape index (κ3) is 4.86. The van der Waals surface area contributed by atoms with Gasteiger partial charge in [0.15, 0.2) is 5.16 Å². The molecule has 3 rings (SSSR count). The summed E-state index contributed by atoms with van der Waals surface area (Å²) < 4.78 is 18.1. The monoisotopic (exact) mass is 408 g/mol. The van der Waals surface area contributed by atoms with Crippen molar-refractivity contribution in [3.63, 3.8) is 0 Å². The van der Waals surface area contributed by atoms with E-state index in [2.05, 4.69) is 9.97 Å². The Hall–Kier alpha value is -2.49. The van der Waals surface area contributed by atoms with Crippen LogP contribution in [0, 0.1) is 16.0 Å². The van der Waals surface area contributed by atoms with Gasteiger partial charge in [-0.05, 0) is 45.6 Å².